The minimum Gasteiger partial charge on any atom is -0.383 e. The number of para-hydroxylation sites is 3. The summed E-state index contributed by atoms with van der Waals surface area (Å²) >= 11 is 0. The highest BCUT2D eigenvalue weighted by atomic mass is 16.5. The molecule has 5 heteroatoms. The number of carbonyl (C=O) groups excluding carboxylic acids is 1. The predicted molar refractivity (Wildman–Crippen MR) is 107 cm³/mol. The average Bonchev–Trinajstić information content (AvgIpc) is 3.26. The Morgan fingerprint density at radius 1 is 1.15 bits per heavy atom. The Labute approximate surface area is 159 Å². The van der Waals surface area contributed by atoms with Gasteiger partial charge in [0.2, 0.25) is 5.91 Å². The average molecular weight is 363 g/mol. The fourth-order valence-electron chi connectivity index (χ4n) is 4.01. The number of imidazole rings is 1. The first-order chi connectivity index (χ1) is 13.2. The Morgan fingerprint density at radius 3 is 2.74 bits per heavy atom. The molecule has 1 aliphatic heterocycles. The lowest BCUT2D eigenvalue weighted by Gasteiger charge is -2.20. The van der Waals surface area contributed by atoms with E-state index >= 15 is 0 Å². The van der Waals surface area contributed by atoms with Crippen molar-refractivity contribution in [3.05, 3.63) is 59.9 Å². The van der Waals surface area contributed by atoms with Crippen LogP contribution in [0.5, 0.6) is 0 Å². The van der Waals surface area contributed by atoms with Crippen LogP contribution in [0, 0.1) is 0 Å². The molecule has 3 aromatic rings. The van der Waals surface area contributed by atoms with Crippen LogP contribution in [0.4, 0.5) is 5.69 Å². The van der Waals surface area contributed by atoms with E-state index in [-0.39, 0.29) is 11.8 Å². The van der Waals surface area contributed by atoms with Crippen LogP contribution < -0.4 is 4.90 Å². The smallest absolute Gasteiger partial charge is 0.227 e. The zero-order chi connectivity index (χ0) is 18.8. The normalized spacial score (nSPS) is 17.2. The number of carbonyl (C=O) groups is 1. The number of anilines is 1. The van der Waals surface area contributed by atoms with E-state index in [0.717, 1.165) is 35.5 Å². The molecule has 1 amide bonds. The van der Waals surface area contributed by atoms with Gasteiger partial charge in [-0.1, -0.05) is 37.3 Å². The van der Waals surface area contributed by atoms with E-state index in [0.29, 0.717) is 19.6 Å². The van der Waals surface area contributed by atoms with Crippen LogP contribution in [0.15, 0.2) is 48.5 Å². The van der Waals surface area contributed by atoms with Gasteiger partial charge in [-0.25, -0.2) is 4.98 Å². The topological polar surface area (TPSA) is 47.4 Å². The molecule has 1 aromatic heterocycles. The Bertz CT molecular complexity index is 963. The Morgan fingerprint density at radius 2 is 1.93 bits per heavy atom. The predicted octanol–water partition coefficient (Wildman–Crippen LogP) is 3.77. The Balaban J connectivity index is 1.69. The van der Waals surface area contributed by atoms with Gasteiger partial charge < -0.3 is 14.2 Å². The van der Waals surface area contributed by atoms with Crippen molar-refractivity contribution >= 4 is 22.6 Å². The maximum atomic E-state index is 12.8. The van der Waals surface area contributed by atoms with Crippen molar-refractivity contribution in [2.24, 2.45) is 0 Å². The standard InChI is InChI=1S/C22H25N3O2/c1-3-16-8-4-6-10-19(16)25-15-17(14-21(25)26)22-23-18-9-5-7-11-20(18)24(22)12-13-27-2/h4-11,17H,3,12-15H2,1-2H3/t17-/m0/s1. The molecule has 5 nitrogen and oxygen atoms in total. The summed E-state index contributed by atoms with van der Waals surface area (Å²) < 4.78 is 7.51. The van der Waals surface area contributed by atoms with Crippen molar-refractivity contribution in [1.29, 1.82) is 0 Å². The zero-order valence-electron chi connectivity index (χ0n) is 15.9. The summed E-state index contributed by atoms with van der Waals surface area (Å²) in [6, 6.07) is 16.3. The molecule has 2 aromatic carbocycles. The molecular weight excluding hydrogens is 338 g/mol. The lowest BCUT2D eigenvalue weighted by molar-refractivity contribution is -0.117. The number of nitrogens with zero attached hydrogens (tertiary/aromatic N) is 3. The maximum absolute atomic E-state index is 12.8. The van der Waals surface area contributed by atoms with E-state index in [2.05, 4.69) is 23.6 Å². The lowest BCUT2D eigenvalue weighted by Crippen LogP contribution is -2.25. The van der Waals surface area contributed by atoms with Crippen LogP contribution in [-0.4, -0.2) is 35.7 Å². The first-order valence-electron chi connectivity index (χ1n) is 9.55. The third-order valence-corrected chi connectivity index (χ3v) is 5.36. The van der Waals surface area contributed by atoms with Gasteiger partial charge in [0.15, 0.2) is 0 Å². The SMILES string of the molecule is CCc1ccccc1N1C[C@@H](c2nc3ccccc3n2CCOC)CC1=O. The molecule has 0 spiro atoms. The summed E-state index contributed by atoms with van der Waals surface area (Å²) in [5.41, 5.74) is 4.32. The van der Waals surface area contributed by atoms with Gasteiger partial charge in [0, 0.05) is 38.2 Å². The second kappa shape index (κ2) is 7.53. The molecule has 0 radical (unpaired) electrons. The van der Waals surface area contributed by atoms with Crippen LogP contribution in [0.2, 0.25) is 0 Å². The quantitative estimate of drug-likeness (QED) is 0.670. The number of amides is 1. The van der Waals surface area contributed by atoms with Gasteiger partial charge in [-0.15, -0.1) is 0 Å². The van der Waals surface area contributed by atoms with E-state index in [4.69, 9.17) is 9.72 Å². The van der Waals surface area contributed by atoms with Crippen molar-refractivity contribution < 1.29 is 9.53 Å². The largest absolute Gasteiger partial charge is 0.383 e. The number of fused-ring (bicyclic) bond motifs is 1. The third kappa shape index (κ3) is 3.23. The second-order valence-corrected chi connectivity index (χ2v) is 6.99. The number of hydrogen-bond donors (Lipinski definition) is 0. The van der Waals surface area contributed by atoms with Crippen LogP contribution in [0.1, 0.15) is 30.7 Å². The highest BCUT2D eigenvalue weighted by Gasteiger charge is 2.35. The Kier molecular flexibility index (Phi) is 4.94. The number of aromatic nitrogens is 2. The molecule has 0 N–H and O–H groups in total. The first-order valence-corrected chi connectivity index (χ1v) is 9.55. The molecule has 1 fully saturated rings. The number of benzene rings is 2. The monoisotopic (exact) mass is 363 g/mol. The first kappa shape index (κ1) is 17.7. The summed E-state index contributed by atoms with van der Waals surface area (Å²) in [6.07, 6.45) is 1.41. The number of aryl methyl sites for hydroxylation is 1. The third-order valence-electron chi connectivity index (χ3n) is 5.36. The summed E-state index contributed by atoms with van der Waals surface area (Å²) in [5.74, 6) is 1.25. The highest BCUT2D eigenvalue weighted by Crippen LogP contribution is 2.34. The molecule has 140 valence electrons. The fraction of sp³-hybridized carbons (Fsp3) is 0.364. The number of hydrogen-bond acceptors (Lipinski definition) is 3. The summed E-state index contributed by atoms with van der Waals surface area (Å²) in [4.78, 5) is 19.6. The maximum Gasteiger partial charge on any atom is 0.227 e. The van der Waals surface area contributed by atoms with Crippen LogP contribution in [-0.2, 0) is 22.5 Å². The van der Waals surface area contributed by atoms with Crippen molar-refractivity contribution in [2.75, 3.05) is 25.2 Å². The number of rotatable bonds is 6. The molecule has 0 aliphatic carbocycles. The molecule has 1 aliphatic rings. The molecule has 2 heterocycles. The number of methoxy groups -OCH3 is 1. The van der Waals surface area contributed by atoms with Gasteiger partial charge in [0.1, 0.15) is 5.82 Å². The van der Waals surface area contributed by atoms with Crippen LogP contribution in [0.3, 0.4) is 0 Å². The van der Waals surface area contributed by atoms with E-state index in [1.807, 2.05) is 41.3 Å². The van der Waals surface area contributed by atoms with E-state index < -0.39 is 0 Å². The molecule has 1 saturated heterocycles. The molecule has 1 atom stereocenters. The number of ether oxygens (including phenoxy) is 1. The molecule has 0 saturated carbocycles. The minimum atomic E-state index is 0.0895. The molecule has 0 bridgehead atoms. The molecule has 4 rings (SSSR count). The summed E-state index contributed by atoms with van der Waals surface area (Å²) in [6.45, 7) is 4.16. The van der Waals surface area contributed by atoms with Gasteiger partial charge in [0.25, 0.3) is 0 Å². The summed E-state index contributed by atoms with van der Waals surface area (Å²) in [7, 11) is 1.71. The van der Waals surface area contributed by atoms with Gasteiger partial charge in [-0.05, 0) is 30.2 Å². The van der Waals surface area contributed by atoms with Crippen molar-refractivity contribution in [2.45, 2.75) is 32.2 Å². The molecular formula is C22H25N3O2. The summed E-state index contributed by atoms with van der Waals surface area (Å²) in [5, 5.41) is 0. The van der Waals surface area contributed by atoms with Crippen molar-refractivity contribution in [3.8, 4) is 0 Å². The van der Waals surface area contributed by atoms with E-state index in [9.17, 15) is 4.79 Å². The highest BCUT2D eigenvalue weighted by molar-refractivity contribution is 5.97. The van der Waals surface area contributed by atoms with Gasteiger partial charge in [-0.3, -0.25) is 4.79 Å². The second-order valence-electron chi connectivity index (χ2n) is 6.99. The minimum absolute atomic E-state index is 0.0895. The molecule has 0 unspecified atom stereocenters. The fourth-order valence-corrected chi connectivity index (χ4v) is 4.01. The zero-order valence-corrected chi connectivity index (χ0v) is 15.9. The van der Waals surface area contributed by atoms with Crippen LogP contribution in [0.25, 0.3) is 11.0 Å². The van der Waals surface area contributed by atoms with Gasteiger partial charge in [0.05, 0.1) is 17.6 Å². The lowest BCUT2D eigenvalue weighted by atomic mass is 10.1. The van der Waals surface area contributed by atoms with Gasteiger partial charge in [-0.2, -0.15) is 0 Å². The van der Waals surface area contributed by atoms with Crippen molar-refractivity contribution in [3.63, 3.8) is 0 Å². The Hall–Kier alpha value is -2.66. The molecule has 27 heavy (non-hydrogen) atoms. The van der Waals surface area contributed by atoms with E-state index in [1.54, 1.807) is 7.11 Å². The van der Waals surface area contributed by atoms with Crippen LogP contribution >= 0.6 is 0 Å². The van der Waals surface area contributed by atoms with Gasteiger partial charge >= 0.3 is 0 Å². The van der Waals surface area contributed by atoms with E-state index in [1.165, 1.54) is 5.56 Å². The van der Waals surface area contributed by atoms with Crippen molar-refractivity contribution in [1.82, 2.24) is 9.55 Å².